The van der Waals surface area contributed by atoms with E-state index < -0.39 is 0 Å². The van der Waals surface area contributed by atoms with Crippen molar-refractivity contribution in [2.24, 2.45) is 11.7 Å². The molecule has 1 heterocycles. The molecule has 1 aromatic rings. The van der Waals surface area contributed by atoms with Crippen molar-refractivity contribution in [1.82, 2.24) is 9.97 Å². The summed E-state index contributed by atoms with van der Waals surface area (Å²) in [7, 11) is 0. The quantitative estimate of drug-likeness (QED) is 0.785. The Hall–Kier alpha value is -0.630. The molecule has 1 fully saturated rings. The van der Waals surface area contributed by atoms with Gasteiger partial charge in [-0.2, -0.15) is 0 Å². The SMILES string of the molecule is CCN(c1nc[nH]c(=O)c1I)C1CCCCC1CN. The van der Waals surface area contributed by atoms with Crippen LogP contribution in [0.4, 0.5) is 5.82 Å². The van der Waals surface area contributed by atoms with E-state index in [0.717, 1.165) is 18.8 Å². The van der Waals surface area contributed by atoms with Gasteiger partial charge in [0.15, 0.2) is 0 Å². The molecule has 0 saturated heterocycles. The summed E-state index contributed by atoms with van der Waals surface area (Å²) in [5, 5.41) is 0. The summed E-state index contributed by atoms with van der Waals surface area (Å²) in [5.74, 6) is 1.31. The number of H-pyrrole nitrogens is 1. The van der Waals surface area contributed by atoms with Gasteiger partial charge in [-0.15, -0.1) is 0 Å². The molecular formula is C13H21IN4O. The highest BCUT2D eigenvalue weighted by molar-refractivity contribution is 14.1. The third kappa shape index (κ3) is 3.10. The van der Waals surface area contributed by atoms with Gasteiger partial charge in [-0.05, 0) is 54.8 Å². The zero-order valence-corrected chi connectivity index (χ0v) is 13.4. The van der Waals surface area contributed by atoms with Crippen molar-refractivity contribution >= 4 is 28.4 Å². The van der Waals surface area contributed by atoms with Crippen molar-refractivity contribution < 1.29 is 0 Å². The van der Waals surface area contributed by atoms with E-state index in [0.29, 0.717) is 22.1 Å². The second kappa shape index (κ2) is 6.69. The molecule has 2 unspecified atom stereocenters. The molecule has 2 rings (SSSR count). The van der Waals surface area contributed by atoms with Crippen LogP contribution in [0.2, 0.25) is 0 Å². The maximum absolute atomic E-state index is 11.7. The molecule has 3 N–H and O–H groups in total. The molecule has 106 valence electrons. The summed E-state index contributed by atoms with van der Waals surface area (Å²) in [4.78, 5) is 21.0. The van der Waals surface area contributed by atoms with Crippen LogP contribution in [0.15, 0.2) is 11.1 Å². The van der Waals surface area contributed by atoms with Crippen LogP contribution in [0.5, 0.6) is 0 Å². The summed E-state index contributed by atoms with van der Waals surface area (Å²) in [6.45, 7) is 3.68. The average molecular weight is 376 g/mol. The van der Waals surface area contributed by atoms with E-state index in [2.05, 4.69) is 44.4 Å². The third-order valence-electron chi connectivity index (χ3n) is 3.96. The van der Waals surface area contributed by atoms with Gasteiger partial charge < -0.3 is 15.6 Å². The number of anilines is 1. The fourth-order valence-electron chi connectivity index (χ4n) is 2.99. The van der Waals surface area contributed by atoms with Gasteiger partial charge in [0, 0.05) is 12.6 Å². The van der Waals surface area contributed by atoms with Crippen LogP contribution in [0.1, 0.15) is 32.6 Å². The lowest BCUT2D eigenvalue weighted by atomic mass is 9.83. The summed E-state index contributed by atoms with van der Waals surface area (Å²) in [5.41, 5.74) is 5.85. The van der Waals surface area contributed by atoms with Gasteiger partial charge in [-0.25, -0.2) is 4.98 Å². The van der Waals surface area contributed by atoms with E-state index in [1.165, 1.54) is 25.6 Å². The Labute approximate surface area is 127 Å². The van der Waals surface area contributed by atoms with Crippen molar-refractivity contribution in [3.63, 3.8) is 0 Å². The van der Waals surface area contributed by atoms with Crippen LogP contribution in [0.25, 0.3) is 0 Å². The molecule has 1 aliphatic rings. The number of hydrogen-bond acceptors (Lipinski definition) is 4. The van der Waals surface area contributed by atoms with Crippen LogP contribution < -0.4 is 16.2 Å². The standard InChI is InChI=1S/C13H21IN4O/c1-2-18(10-6-4-3-5-9(10)7-15)12-11(14)13(19)17-8-16-12/h8-10H,2-7,15H2,1H3,(H,16,17,19). The highest BCUT2D eigenvalue weighted by Crippen LogP contribution is 2.31. The molecule has 1 aliphatic carbocycles. The summed E-state index contributed by atoms with van der Waals surface area (Å²) in [6, 6.07) is 0.409. The molecule has 2 atom stereocenters. The zero-order chi connectivity index (χ0) is 13.8. The van der Waals surface area contributed by atoms with Gasteiger partial charge in [0.25, 0.3) is 5.56 Å². The topological polar surface area (TPSA) is 75.0 Å². The molecule has 1 saturated carbocycles. The summed E-state index contributed by atoms with van der Waals surface area (Å²) >= 11 is 2.08. The number of aromatic amines is 1. The fourth-order valence-corrected chi connectivity index (χ4v) is 3.59. The van der Waals surface area contributed by atoms with Crippen molar-refractivity contribution in [2.75, 3.05) is 18.0 Å². The molecule has 5 nitrogen and oxygen atoms in total. The fraction of sp³-hybridized carbons (Fsp3) is 0.692. The number of rotatable bonds is 4. The molecular weight excluding hydrogens is 355 g/mol. The van der Waals surface area contributed by atoms with Gasteiger partial charge in [-0.3, -0.25) is 4.79 Å². The average Bonchev–Trinajstić information content (AvgIpc) is 2.45. The monoisotopic (exact) mass is 376 g/mol. The molecule has 0 amide bonds. The maximum Gasteiger partial charge on any atom is 0.266 e. The van der Waals surface area contributed by atoms with Crippen LogP contribution in [0, 0.1) is 9.49 Å². The predicted molar refractivity (Wildman–Crippen MR) is 85.4 cm³/mol. The second-order valence-corrected chi connectivity index (χ2v) is 6.08. The Bertz CT molecular complexity index is 476. The van der Waals surface area contributed by atoms with Crippen molar-refractivity contribution in [3.05, 3.63) is 20.3 Å². The highest BCUT2D eigenvalue weighted by Gasteiger charge is 2.30. The van der Waals surface area contributed by atoms with Gasteiger partial charge in [0.1, 0.15) is 9.39 Å². The Kier molecular flexibility index (Phi) is 5.20. The first-order valence-electron chi connectivity index (χ1n) is 6.89. The third-order valence-corrected chi connectivity index (χ3v) is 4.94. The molecule has 0 aromatic carbocycles. The number of aromatic nitrogens is 2. The molecule has 19 heavy (non-hydrogen) atoms. The summed E-state index contributed by atoms with van der Waals surface area (Å²) in [6.07, 6.45) is 6.30. The molecule has 1 aromatic heterocycles. The molecule has 0 bridgehead atoms. The van der Waals surface area contributed by atoms with Crippen LogP contribution in [-0.4, -0.2) is 29.1 Å². The Balaban J connectivity index is 2.32. The van der Waals surface area contributed by atoms with E-state index in [4.69, 9.17) is 5.73 Å². The minimum absolute atomic E-state index is 0.0656. The number of halogens is 1. The first-order valence-corrected chi connectivity index (χ1v) is 7.96. The normalized spacial score (nSPS) is 23.3. The van der Waals surface area contributed by atoms with E-state index in [1.807, 2.05) is 0 Å². The number of hydrogen-bond donors (Lipinski definition) is 2. The number of nitrogens with zero attached hydrogens (tertiary/aromatic N) is 2. The zero-order valence-electron chi connectivity index (χ0n) is 11.2. The van der Waals surface area contributed by atoms with Gasteiger partial charge in [0.2, 0.25) is 0 Å². The first-order chi connectivity index (χ1) is 9.19. The van der Waals surface area contributed by atoms with Crippen molar-refractivity contribution in [3.8, 4) is 0 Å². The van der Waals surface area contributed by atoms with Crippen LogP contribution >= 0.6 is 22.6 Å². The first kappa shape index (κ1) is 14.8. The van der Waals surface area contributed by atoms with E-state index in [-0.39, 0.29) is 5.56 Å². The van der Waals surface area contributed by atoms with Crippen molar-refractivity contribution in [2.45, 2.75) is 38.6 Å². The molecule has 0 aliphatic heterocycles. The van der Waals surface area contributed by atoms with Gasteiger partial charge in [0.05, 0.1) is 6.33 Å². The smallest absolute Gasteiger partial charge is 0.266 e. The van der Waals surface area contributed by atoms with Crippen molar-refractivity contribution in [1.29, 1.82) is 0 Å². The highest BCUT2D eigenvalue weighted by atomic mass is 127. The lowest BCUT2D eigenvalue weighted by Gasteiger charge is -2.40. The molecule has 0 radical (unpaired) electrons. The lowest BCUT2D eigenvalue weighted by Crippen LogP contribution is -2.46. The van der Waals surface area contributed by atoms with E-state index >= 15 is 0 Å². The minimum Gasteiger partial charge on any atom is -0.352 e. The van der Waals surface area contributed by atoms with E-state index in [1.54, 1.807) is 0 Å². The van der Waals surface area contributed by atoms with E-state index in [9.17, 15) is 4.79 Å². The number of nitrogens with one attached hydrogen (secondary N) is 1. The number of nitrogens with two attached hydrogens (primary N) is 1. The molecule has 6 heteroatoms. The van der Waals surface area contributed by atoms with Gasteiger partial charge in [-0.1, -0.05) is 12.8 Å². The largest absolute Gasteiger partial charge is 0.352 e. The summed E-state index contributed by atoms with van der Waals surface area (Å²) < 4.78 is 0.670. The lowest BCUT2D eigenvalue weighted by molar-refractivity contribution is 0.299. The van der Waals surface area contributed by atoms with Gasteiger partial charge >= 0.3 is 0 Å². The van der Waals surface area contributed by atoms with Crippen LogP contribution in [0.3, 0.4) is 0 Å². The van der Waals surface area contributed by atoms with Crippen LogP contribution in [-0.2, 0) is 0 Å². The predicted octanol–water partition coefficient (Wildman–Crippen LogP) is 1.72. The Morgan fingerprint density at radius 1 is 1.53 bits per heavy atom. The maximum atomic E-state index is 11.7. The Morgan fingerprint density at radius 2 is 2.26 bits per heavy atom. The molecule has 0 spiro atoms. The minimum atomic E-state index is -0.0656. The Morgan fingerprint density at radius 3 is 2.95 bits per heavy atom. The second-order valence-electron chi connectivity index (χ2n) is 5.00.